The molecule has 0 spiro atoms. The highest BCUT2D eigenvalue weighted by atomic mass is 32.1. The zero-order chi connectivity index (χ0) is 13.5. The Balaban J connectivity index is 2.04. The summed E-state index contributed by atoms with van der Waals surface area (Å²) in [6, 6.07) is 1.63. The average Bonchev–Trinajstić information content (AvgIpc) is 2.69. The number of hydrogen-bond acceptors (Lipinski definition) is 4. The quantitative estimate of drug-likeness (QED) is 0.851. The maximum absolute atomic E-state index is 11.8. The van der Waals surface area contributed by atoms with Crippen molar-refractivity contribution in [1.82, 2.24) is 4.90 Å². The first-order valence-electron chi connectivity index (χ1n) is 5.59. The molecule has 1 aromatic rings. The fourth-order valence-corrected chi connectivity index (χ4v) is 2.76. The molecule has 5 nitrogen and oxygen atoms in total. The molecule has 0 radical (unpaired) electrons. The van der Waals surface area contributed by atoms with Crippen LogP contribution in [0.2, 0.25) is 0 Å². The lowest BCUT2D eigenvalue weighted by atomic mass is 10.2. The zero-order valence-electron chi connectivity index (χ0n) is 10.5. The summed E-state index contributed by atoms with van der Waals surface area (Å²) in [6.45, 7) is 6.31. The standard InChI is InChI=1S/C12H15NO4S/c1-12(2,3)17-11(16)13-5-7-4-8(10(14)15)18-9(7)6-13/h4H,5-6H2,1-3H3,(H,14,15). The van der Waals surface area contributed by atoms with E-state index in [4.69, 9.17) is 9.84 Å². The van der Waals surface area contributed by atoms with Gasteiger partial charge in [0.2, 0.25) is 0 Å². The fourth-order valence-electron chi connectivity index (χ4n) is 1.73. The Bertz CT molecular complexity index is 477. The number of carboxylic acids is 1. The molecule has 1 N–H and O–H groups in total. The first-order valence-corrected chi connectivity index (χ1v) is 6.41. The van der Waals surface area contributed by atoms with Gasteiger partial charge in [0.1, 0.15) is 10.5 Å². The highest BCUT2D eigenvalue weighted by Gasteiger charge is 2.30. The number of rotatable bonds is 1. The van der Waals surface area contributed by atoms with Gasteiger partial charge >= 0.3 is 12.1 Å². The van der Waals surface area contributed by atoms with E-state index in [-0.39, 0.29) is 6.09 Å². The molecule has 98 valence electrons. The second-order valence-corrected chi connectivity index (χ2v) is 6.34. The number of hydrogen-bond donors (Lipinski definition) is 1. The molecule has 0 aromatic carbocycles. The topological polar surface area (TPSA) is 66.8 Å². The molecule has 0 unspecified atom stereocenters. The number of fused-ring (bicyclic) bond motifs is 1. The third-order valence-electron chi connectivity index (χ3n) is 2.45. The van der Waals surface area contributed by atoms with Crippen LogP contribution < -0.4 is 0 Å². The first-order chi connectivity index (χ1) is 8.26. The SMILES string of the molecule is CC(C)(C)OC(=O)N1Cc2cc(C(=O)O)sc2C1. The maximum Gasteiger partial charge on any atom is 0.410 e. The molecule has 1 amide bonds. The number of carbonyl (C=O) groups excluding carboxylic acids is 1. The largest absolute Gasteiger partial charge is 0.477 e. The normalized spacial score (nSPS) is 14.5. The van der Waals surface area contributed by atoms with Crippen molar-refractivity contribution in [3.05, 3.63) is 21.4 Å². The van der Waals surface area contributed by atoms with E-state index >= 15 is 0 Å². The van der Waals surface area contributed by atoms with E-state index in [1.165, 1.54) is 11.3 Å². The van der Waals surface area contributed by atoms with Crippen LogP contribution in [0.25, 0.3) is 0 Å². The third kappa shape index (κ3) is 2.64. The van der Waals surface area contributed by atoms with Gasteiger partial charge in [0.15, 0.2) is 0 Å². The van der Waals surface area contributed by atoms with E-state index < -0.39 is 11.6 Å². The van der Waals surface area contributed by atoms with E-state index in [2.05, 4.69) is 0 Å². The minimum absolute atomic E-state index is 0.323. The van der Waals surface area contributed by atoms with Gasteiger partial charge in [0.05, 0.1) is 13.1 Å². The van der Waals surface area contributed by atoms with Crippen LogP contribution in [0.1, 0.15) is 40.9 Å². The van der Waals surface area contributed by atoms with Crippen LogP contribution in [0.15, 0.2) is 6.07 Å². The van der Waals surface area contributed by atoms with E-state index in [1.54, 1.807) is 11.0 Å². The van der Waals surface area contributed by atoms with E-state index in [9.17, 15) is 9.59 Å². The third-order valence-corrected chi connectivity index (χ3v) is 3.60. The summed E-state index contributed by atoms with van der Waals surface area (Å²) < 4.78 is 5.28. The molecule has 1 aliphatic rings. The Hall–Kier alpha value is -1.56. The number of amides is 1. The fraction of sp³-hybridized carbons (Fsp3) is 0.500. The molecule has 1 aromatic heterocycles. The molecule has 0 saturated carbocycles. The summed E-state index contributed by atoms with van der Waals surface area (Å²) in [7, 11) is 0. The molecule has 2 heterocycles. The van der Waals surface area contributed by atoms with Crippen LogP contribution in [-0.2, 0) is 17.8 Å². The predicted octanol–water partition coefficient (Wildman–Crippen LogP) is 2.70. The van der Waals surface area contributed by atoms with Crippen LogP contribution in [0, 0.1) is 0 Å². The van der Waals surface area contributed by atoms with Crippen LogP contribution >= 0.6 is 11.3 Å². The molecule has 6 heteroatoms. The number of ether oxygens (including phenoxy) is 1. The Morgan fingerprint density at radius 3 is 2.56 bits per heavy atom. The number of aromatic carboxylic acids is 1. The second kappa shape index (κ2) is 4.28. The van der Waals surface area contributed by atoms with Crippen LogP contribution in [0.5, 0.6) is 0 Å². The Labute approximate surface area is 109 Å². The van der Waals surface area contributed by atoms with Crippen molar-refractivity contribution in [2.24, 2.45) is 0 Å². The van der Waals surface area contributed by atoms with Gasteiger partial charge < -0.3 is 9.84 Å². The smallest absolute Gasteiger partial charge is 0.410 e. The highest BCUT2D eigenvalue weighted by molar-refractivity contribution is 7.14. The molecular formula is C12H15NO4S. The molecular weight excluding hydrogens is 254 g/mol. The minimum Gasteiger partial charge on any atom is -0.477 e. The Morgan fingerprint density at radius 2 is 2.06 bits per heavy atom. The second-order valence-electron chi connectivity index (χ2n) is 5.20. The van der Waals surface area contributed by atoms with Crippen LogP contribution in [-0.4, -0.2) is 27.7 Å². The number of carboxylic acid groups (broad SMARTS) is 1. The summed E-state index contributed by atoms with van der Waals surface area (Å²) in [5.74, 6) is -0.918. The van der Waals surface area contributed by atoms with Gasteiger partial charge in [-0.1, -0.05) is 0 Å². The van der Waals surface area contributed by atoms with Gasteiger partial charge in [0, 0.05) is 4.88 Å². The molecule has 0 saturated heterocycles. The van der Waals surface area contributed by atoms with Gasteiger partial charge in [-0.25, -0.2) is 9.59 Å². The van der Waals surface area contributed by atoms with Gasteiger partial charge in [-0.15, -0.1) is 11.3 Å². The van der Waals surface area contributed by atoms with E-state index in [0.29, 0.717) is 18.0 Å². The van der Waals surface area contributed by atoms with Gasteiger partial charge in [-0.2, -0.15) is 0 Å². The van der Waals surface area contributed by atoms with Crippen molar-refractivity contribution in [1.29, 1.82) is 0 Å². The van der Waals surface area contributed by atoms with E-state index in [0.717, 1.165) is 10.4 Å². The summed E-state index contributed by atoms with van der Waals surface area (Å²) in [6.07, 6.45) is -0.359. The minimum atomic E-state index is -0.918. The summed E-state index contributed by atoms with van der Waals surface area (Å²) in [5.41, 5.74) is 0.391. The van der Waals surface area contributed by atoms with Gasteiger partial charge in [-0.05, 0) is 32.4 Å². The molecule has 18 heavy (non-hydrogen) atoms. The van der Waals surface area contributed by atoms with Gasteiger partial charge in [-0.3, -0.25) is 4.90 Å². The van der Waals surface area contributed by atoms with Crippen molar-refractivity contribution < 1.29 is 19.4 Å². The molecule has 0 aliphatic carbocycles. The Kier molecular flexibility index (Phi) is 3.06. The molecule has 0 bridgehead atoms. The molecule has 1 aliphatic heterocycles. The molecule has 2 rings (SSSR count). The van der Waals surface area contributed by atoms with E-state index in [1.807, 2.05) is 20.8 Å². The lowest BCUT2D eigenvalue weighted by molar-refractivity contribution is 0.0242. The predicted molar refractivity (Wildman–Crippen MR) is 66.8 cm³/mol. The molecule has 0 atom stereocenters. The summed E-state index contributed by atoms with van der Waals surface area (Å²) >= 11 is 1.22. The average molecular weight is 269 g/mol. The number of nitrogens with zero attached hydrogens (tertiary/aromatic N) is 1. The Morgan fingerprint density at radius 1 is 1.39 bits per heavy atom. The van der Waals surface area contributed by atoms with Gasteiger partial charge in [0.25, 0.3) is 0 Å². The van der Waals surface area contributed by atoms with Crippen molar-refractivity contribution in [2.45, 2.75) is 39.5 Å². The number of thiophene rings is 1. The first kappa shape index (κ1) is 12.9. The zero-order valence-corrected chi connectivity index (χ0v) is 11.3. The van der Waals surface area contributed by atoms with Crippen molar-refractivity contribution >= 4 is 23.4 Å². The van der Waals surface area contributed by atoms with Crippen molar-refractivity contribution in [3.63, 3.8) is 0 Å². The summed E-state index contributed by atoms with van der Waals surface area (Å²) in [5, 5.41) is 8.88. The van der Waals surface area contributed by atoms with Crippen molar-refractivity contribution in [3.8, 4) is 0 Å². The summed E-state index contributed by atoms with van der Waals surface area (Å²) in [4.78, 5) is 25.5. The number of carbonyl (C=O) groups is 2. The lowest BCUT2D eigenvalue weighted by Gasteiger charge is -2.24. The van der Waals surface area contributed by atoms with Crippen molar-refractivity contribution in [2.75, 3.05) is 0 Å². The monoisotopic (exact) mass is 269 g/mol. The lowest BCUT2D eigenvalue weighted by Crippen LogP contribution is -2.33. The molecule has 0 fully saturated rings. The van der Waals surface area contributed by atoms with Crippen LogP contribution in [0.4, 0.5) is 4.79 Å². The maximum atomic E-state index is 11.8. The highest BCUT2D eigenvalue weighted by Crippen LogP contribution is 2.31. The van der Waals surface area contributed by atoms with Crippen LogP contribution in [0.3, 0.4) is 0 Å².